The van der Waals surface area contributed by atoms with E-state index in [4.69, 9.17) is 46.4 Å². The average molecular weight is 726 g/mol. The van der Waals surface area contributed by atoms with Gasteiger partial charge in [0.1, 0.15) is 11.4 Å². The third-order valence-corrected chi connectivity index (χ3v) is 8.03. The van der Waals surface area contributed by atoms with Crippen LogP contribution in [0.25, 0.3) is 11.1 Å². The van der Waals surface area contributed by atoms with Crippen molar-refractivity contribution >= 4 is 92.5 Å². The number of benzene rings is 4. The van der Waals surface area contributed by atoms with Crippen molar-refractivity contribution in [1.82, 2.24) is 0 Å². The average Bonchev–Trinajstić information content (AvgIpc) is 3.01. The molecular formula is C34H28Cl4N6O4. The molecule has 0 bridgehead atoms. The maximum Gasteiger partial charge on any atom is 0.258 e. The number of nitrogens with one attached hydrogen (secondary N) is 2. The Morgan fingerprint density at radius 2 is 0.938 bits per heavy atom. The van der Waals surface area contributed by atoms with E-state index < -0.39 is 35.5 Å². The maximum absolute atomic E-state index is 13.0. The van der Waals surface area contributed by atoms with Crippen LogP contribution in [0.3, 0.4) is 0 Å². The van der Waals surface area contributed by atoms with E-state index in [9.17, 15) is 19.2 Å². The monoisotopic (exact) mass is 724 g/mol. The Morgan fingerprint density at radius 3 is 1.25 bits per heavy atom. The molecule has 246 valence electrons. The van der Waals surface area contributed by atoms with Crippen molar-refractivity contribution in [2.24, 2.45) is 20.5 Å². The molecule has 0 fully saturated rings. The lowest BCUT2D eigenvalue weighted by Gasteiger charge is -2.15. The lowest BCUT2D eigenvalue weighted by Crippen LogP contribution is -2.32. The normalized spacial score (nSPS) is 12.6. The Balaban J connectivity index is 1.46. The summed E-state index contributed by atoms with van der Waals surface area (Å²) < 4.78 is 0. The van der Waals surface area contributed by atoms with E-state index in [1.54, 1.807) is 24.3 Å². The zero-order chi connectivity index (χ0) is 35.1. The highest BCUT2D eigenvalue weighted by atomic mass is 35.5. The van der Waals surface area contributed by atoms with Crippen LogP contribution in [0, 0.1) is 13.8 Å². The molecule has 2 N–H and O–H groups in total. The molecule has 4 aromatic carbocycles. The predicted molar refractivity (Wildman–Crippen MR) is 190 cm³/mol. The number of anilines is 2. The second-order valence-electron chi connectivity index (χ2n) is 10.7. The Labute approximate surface area is 296 Å². The number of hydrogen-bond donors (Lipinski definition) is 2. The van der Waals surface area contributed by atoms with Crippen LogP contribution in [0.5, 0.6) is 0 Å². The fraction of sp³-hybridized carbons (Fsp3) is 0.176. The number of ketones is 2. The van der Waals surface area contributed by atoms with Crippen LogP contribution in [0.4, 0.5) is 22.7 Å². The largest absolute Gasteiger partial charge is 0.324 e. The fourth-order valence-corrected chi connectivity index (χ4v) is 5.26. The predicted octanol–water partition coefficient (Wildman–Crippen LogP) is 9.94. The van der Waals surface area contributed by atoms with Gasteiger partial charge in [-0.15, -0.1) is 0 Å². The molecule has 0 aliphatic rings. The minimum absolute atomic E-state index is 0.230. The molecule has 10 nitrogen and oxygen atoms in total. The summed E-state index contributed by atoms with van der Waals surface area (Å²) in [6.07, 6.45) is 0. The quantitative estimate of drug-likeness (QED) is 0.117. The highest BCUT2D eigenvalue weighted by Crippen LogP contribution is 2.31. The first-order valence-electron chi connectivity index (χ1n) is 14.3. The molecule has 0 unspecified atom stereocenters. The molecule has 48 heavy (non-hydrogen) atoms. The number of hydrogen-bond acceptors (Lipinski definition) is 8. The van der Waals surface area contributed by atoms with Gasteiger partial charge in [-0.05, 0) is 111 Å². The van der Waals surface area contributed by atoms with Crippen LogP contribution in [-0.2, 0) is 19.2 Å². The minimum atomic E-state index is -1.39. The van der Waals surface area contributed by atoms with Gasteiger partial charge in [0.25, 0.3) is 11.8 Å². The number of halogens is 4. The lowest BCUT2D eigenvalue weighted by atomic mass is 9.99. The SMILES string of the molecule is CC(=O)[C@H](N=Nc1ccc(Cl)cc1Cl)C(=O)Nc1ccc(-c2ccc(NC(=O)[C@@H](N=Nc3ccc(Cl)cc3Cl)C(C)=O)c(C)c2)cc1C. The van der Waals surface area contributed by atoms with E-state index in [1.165, 1.54) is 38.1 Å². The number of Topliss-reactive ketones (excluding diaryl/α,β-unsaturated/α-hetero) is 2. The van der Waals surface area contributed by atoms with Crippen molar-refractivity contribution in [1.29, 1.82) is 0 Å². The van der Waals surface area contributed by atoms with Crippen molar-refractivity contribution in [2.75, 3.05) is 10.6 Å². The van der Waals surface area contributed by atoms with E-state index in [-0.39, 0.29) is 21.4 Å². The zero-order valence-electron chi connectivity index (χ0n) is 26.0. The summed E-state index contributed by atoms with van der Waals surface area (Å²) in [4.78, 5) is 50.5. The standard InChI is InChI=1S/C34H28Cl4N6O4/c1-17-13-21(5-9-27(17)39-33(47)31(19(3)45)43-41-29-11-7-23(35)15-25(29)37)22-6-10-28(18(2)14-22)40-34(48)32(20(4)46)44-42-30-12-8-24(36)16-26(30)38/h5-16,31-32H,1-4H3,(H,39,47)(H,40,48)/t31-,32-/m0/s1. The number of amides is 2. The summed E-state index contributed by atoms with van der Waals surface area (Å²) in [7, 11) is 0. The summed E-state index contributed by atoms with van der Waals surface area (Å²) in [5, 5.41) is 22.6. The summed E-state index contributed by atoms with van der Waals surface area (Å²) in [6, 6.07) is 17.2. The number of rotatable bonds is 11. The van der Waals surface area contributed by atoms with E-state index in [0.29, 0.717) is 21.4 Å². The minimum Gasteiger partial charge on any atom is -0.324 e. The van der Waals surface area contributed by atoms with Crippen molar-refractivity contribution in [2.45, 2.75) is 39.8 Å². The van der Waals surface area contributed by atoms with Crippen molar-refractivity contribution < 1.29 is 19.2 Å². The fourth-order valence-electron chi connectivity index (χ4n) is 4.37. The molecule has 0 spiro atoms. The van der Waals surface area contributed by atoms with Crippen molar-refractivity contribution in [3.05, 3.63) is 104 Å². The molecule has 0 saturated heterocycles. The number of nitrogens with zero attached hydrogens (tertiary/aromatic N) is 4. The molecule has 0 aromatic heterocycles. The summed E-state index contributed by atoms with van der Waals surface area (Å²) in [6.45, 7) is 6.12. The van der Waals surface area contributed by atoms with Gasteiger partial charge in [-0.25, -0.2) is 0 Å². The van der Waals surface area contributed by atoms with Crippen LogP contribution in [-0.4, -0.2) is 35.5 Å². The molecule has 0 aliphatic heterocycles. The Bertz CT molecular complexity index is 1840. The first kappa shape index (κ1) is 36.4. The number of aryl methyl sites for hydroxylation is 2. The first-order valence-corrected chi connectivity index (χ1v) is 15.8. The molecule has 2 amide bonds. The van der Waals surface area contributed by atoms with Crippen LogP contribution < -0.4 is 10.6 Å². The molecule has 2 atom stereocenters. The molecule has 4 rings (SSSR count). The van der Waals surface area contributed by atoms with Gasteiger partial charge in [0.15, 0.2) is 11.6 Å². The van der Waals surface area contributed by atoms with Gasteiger partial charge in [0.2, 0.25) is 12.1 Å². The molecule has 0 radical (unpaired) electrons. The highest BCUT2D eigenvalue weighted by molar-refractivity contribution is 6.36. The van der Waals surface area contributed by atoms with Gasteiger partial charge in [-0.2, -0.15) is 20.5 Å². The molecule has 0 heterocycles. The second-order valence-corrected chi connectivity index (χ2v) is 12.4. The van der Waals surface area contributed by atoms with E-state index in [1.807, 2.05) is 38.1 Å². The topological polar surface area (TPSA) is 142 Å². The van der Waals surface area contributed by atoms with Crippen LogP contribution >= 0.6 is 46.4 Å². The maximum atomic E-state index is 13.0. The number of carbonyl (C=O) groups excluding carboxylic acids is 4. The van der Waals surface area contributed by atoms with Crippen molar-refractivity contribution in [3.8, 4) is 11.1 Å². The van der Waals surface area contributed by atoms with Gasteiger partial charge < -0.3 is 10.6 Å². The Hall–Kier alpha value is -4.48. The number of azo groups is 2. The van der Waals surface area contributed by atoms with Crippen LogP contribution in [0.2, 0.25) is 20.1 Å². The van der Waals surface area contributed by atoms with Crippen LogP contribution in [0.1, 0.15) is 25.0 Å². The van der Waals surface area contributed by atoms with Gasteiger partial charge in [-0.1, -0.05) is 58.5 Å². The van der Waals surface area contributed by atoms with Crippen molar-refractivity contribution in [3.63, 3.8) is 0 Å². The summed E-state index contributed by atoms with van der Waals surface area (Å²) >= 11 is 24.1. The molecule has 0 aliphatic carbocycles. The summed E-state index contributed by atoms with van der Waals surface area (Å²) in [5.41, 5.74) is 4.64. The Kier molecular flexibility index (Phi) is 12.2. The molecule has 4 aromatic rings. The second kappa shape index (κ2) is 16.1. The third kappa shape index (κ3) is 9.32. The zero-order valence-corrected chi connectivity index (χ0v) is 29.0. The smallest absolute Gasteiger partial charge is 0.258 e. The first-order chi connectivity index (χ1) is 22.7. The third-order valence-electron chi connectivity index (χ3n) is 6.95. The highest BCUT2D eigenvalue weighted by Gasteiger charge is 2.25. The van der Waals surface area contributed by atoms with Gasteiger partial charge in [0, 0.05) is 21.4 Å². The van der Waals surface area contributed by atoms with E-state index in [2.05, 4.69) is 31.1 Å². The van der Waals surface area contributed by atoms with E-state index >= 15 is 0 Å². The van der Waals surface area contributed by atoms with Gasteiger partial charge in [0.05, 0.1) is 10.0 Å². The lowest BCUT2D eigenvalue weighted by molar-refractivity contribution is -0.127. The molecule has 0 saturated carbocycles. The van der Waals surface area contributed by atoms with Gasteiger partial charge in [-0.3, -0.25) is 19.2 Å². The molecule has 14 heteroatoms. The van der Waals surface area contributed by atoms with E-state index in [0.717, 1.165) is 22.3 Å². The summed E-state index contributed by atoms with van der Waals surface area (Å²) in [5.74, 6) is -2.30. The Morgan fingerprint density at radius 1 is 0.562 bits per heavy atom. The van der Waals surface area contributed by atoms with Crippen LogP contribution in [0.15, 0.2) is 93.3 Å². The number of carbonyl (C=O) groups is 4. The van der Waals surface area contributed by atoms with Gasteiger partial charge >= 0.3 is 0 Å². The molecular weight excluding hydrogens is 698 g/mol.